The fourth-order valence-electron chi connectivity index (χ4n) is 5.62. The van der Waals surface area contributed by atoms with E-state index < -0.39 is 22.4 Å². The van der Waals surface area contributed by atoms with Gasteiger partial charge in [-0.1, -0.05) is 54.6 Å². The van der Waals surface area contributed by atoms with Crippen LogP contribution in [0.1, 0.15) is 41.4 Å². The van der Waals surface area contributed by atoms with Crippen molar-refractivity contribution in [3.05, 3.63) is 110 Å². The van der Waals surface area contributed by atoms with E-state index in [4.69, 9.17) is 4.42 Å². The highest BCUT2D eigenvalue weighted by molar-refractivity contribution is 5.97. The Kier molecular flexibility index (Phi) is 4.99. The average Bonchev–Trinajstić information content (AvgIpc) is 3.43. The van der Waals surface area contributed by atoms with Gasteiger partial charge in [0.2, 0.25) is 5.91 Å². The van der Waals surface area contributed by atoms with Gasteiger partial charge in [-0.05, 0) is 35.4 Å². The number of nitrogens with zero attached hydrogens (tertiary/aromatic N) is 2. The molecule has 1 aliphatic heterocycles. The maximum atomic E-state index is 14.1. The Morgan fingerprint density at radius 3 is 2.29 bits per heavy atom. The smallest absolute Gasteiger partial charge is 0.344 e. The average molecular weight is 466 g/mol. The van der Waals surface area contributed by atoms with Gasteiger partial charge >= 0.3 is 5.63 Å². The Morgan fingerprint density at radius 2 is 1.57 bits per heavy atom. The number of nitro benzene ring substituents is 1. The molecule has 1 fully saturated rings. The van der Waals surface area contributed by atoms with Crippen LogP contribution < -0.4 is 5.63 Å². The van der Waals surface area contributed by atoms with Crippen molar-refractivity contribution in [2.45, 2.75) is 24.7 Å². The number of non-ortho nitro benzene ring substituents is 1. The van der Waals surface area contributed by atoms with Crippen molar-refractivity contribution in [2.75, 3.05) is 13.1 Å². The van der Waals surface area contributed by atoms with Gasteiger partial charge in [0.25, 0.3) is 5.69 Å². The van der Waals surface area contributed by atoms with Gasteiger partial charge in [-0.2, -0.15) is 0 Å². The first-order chi connectivity index (χ1) is 17.0. The molecule has 2 aliphatic rings. The fourth-order valence-corrected chi connectivity index (χ4v) is 5.62. The molecule has 1 aromatic heterocycles. The van der Waals surface area contributed by atoms with Crippen LogP contribution in [-0.2, 0) is 4.79 Å². The highest BCUT2D eigenvalue weighted by Gasteiger charge is 2.43. The van der Waals surface area contributed by atoms with Crippen LogP contribution in [0.4, 0.5) is 5.69 Å². The molecule has 0 bridgehead atoms. The maximum Gasteiger partial charge on any atom is 0.344 e. The summed E-state index contributed by atoms with van der Waals surface area (Å²) in [5, 5.41) is 12.5. The monoisotopic (exact) mass is 466 g/mol. The quantitative estimate of drug-likeness (QED) is 0.305. The first-order valence-corrected chi connectivity index (χ1v) is 11.7. The summed E-state index contributed by atoms with van der Waals surface area (Å²) in [4.78, 5) is 39.8. The molecular weight excluding hydrogens is 444 g/mol. The van der Waals surface area contributed by atoms with E-state index >= 15 is 0 Å². The SMILES string of the molecule is O=C(C1c2ccccc2-c2oc(=O)c3ccccc3c2C1c1ccc([N+](=O)[O-])cc1)N1CCCC1. The van der Waals surface area contributed by atoms with E-state index in [0.717, 1.165) is 40.5 Å². The number of carbonyl (C=O) groups is 1. The number of amides is 1. The van der Waals surface area contributed by atoms with Crippen molar-refractivity contribution in [2.24, 2.45) is 0 Å². The summed E-state index contributed by atoms with van der Waals surface area (Å²) in [6.07, 6.45) is 1.94. The molecule has 0 spiro atoms. The molecule has 2 unspecified atom stereocenters. The number of carbonyl (C=O) groups excluding carboxylic acids is 1. The number of fused-ring (bicyclic) bond motifs is 5. The number of likely N-dealkylation sites (tertiary alicyclic amines) is 1. The van der Waals surface area contributed by atoms with Gasteiger partial charge in [0.05, 0.1) is 16.2 Å². The topological polar surface area (TPSA) is 93.7 Å². The molecule has 35 heavy (non-hydrogen) atoms. The second-order valence-corrected chi connectivity index (χ2v) is 9.10. The van der Waals surface area contributed by atoms with Crippen molar-refractivity contribution in [1.82, 2.24) is 4.90 Å². The number of hydrogen-bond acceptors (Lipinski definition) is 5. The summed E-state index contributed by atoms with van der Waals surface area (Å²) in [6, 6.07) is 21.2. The number of benzene rings is 3. The molecule has 0 saturated carbocycles. The number of hydrogen-bond donors (Lipinski definition) is 0. The zero-order valence-electron chi connectivity index (χ0n) is 18.8. The number of rotatable bonds is 3. The minimum Gasteiger partial charge on any atom is -0.422 e. The maximum absolute atomic E-state index is 14.1. The summed E-state index contributed by atoms with van der Waals surface area (Å²) in [6.45, 7) is 1.42. The van der Waals surface area contributed by atoms with Crippen molar-refractivity contribution in [1.29, 1.82) is 0 Å². The van der Waals surface area contributed by atoms with E-state index in [1.807, 2.05) is 41.3 Å². The second-order valence-electron chi connectivity index (χ2n) is 9.10. The summed E-state index contributed by atoms with van der Waals surface area (Å²) in [5.41, 5.74) is 2.63. The van der Waals surface area contributed by atoms with Crippen LogP contribution in [0.3, 0.4) is 0 Å². The Morgan fingerprint density at radius 1 is 0.914 bits per heavy atom. The molecule has 0 radical (unpaired) electrons. The van der Waals surface area contributed by atoms with E-state index in [0.29, 0.717) is 24.2 Å². The van der Waals surface area contributed by atoms with Crippen molar-refractivity contribution < 1.29 is 14.1 Å². The molecule has 1 aliphatic carbocycles. The third kappa shape index (κ3) is 3.34. The van der Waals surface area contributed by atoms with Gasteiger partial charge in [0, 0.05) is 42.3 Å². The molecule has 1 amide bonds. The van der Waals surface area contributed by atoms with E-state index in [9.17, 15) is 19.7 Å². The summed E-state index contributed by atoms with van der Waals surface area (Å²) in [5.74, 6) is -0.533. The summed E-state index contributed by atoms with van der Waals surface area (Å²) < 4.78 is 5.92. The van der Waals surface area contributed by atoms with Crippen molar-refractivity contribution in [3.8, 4) is 11.3 Å². The molecule has 2 atom stereocenters. The van der Waals surface area contributed by atoms with Gasteiger partial charge in [-0.3, -0.25) is 14.9 Å². The molecule has 174 valence electrons. The van der Waals surface area contributed by atoms with Crippen LogP contribution in [0.25, 0.3) is 22.1 Å². The van der Waals surface area contributed by atoms with Gasteiger partial charge in [-0.25, -0.2) is 4.79 Å². The molecule has 2 heterocycles. The zero-order chi connectivity index (χ0) is 24.1. The van der Waals surface area contributed by atoms with Crippen LogP contribution in [0.2, 0.25) is 0 Å². The Bertz CT molecular complexity index is 1530. The third-order valence-electron chi connectivity index (χ3n) is 7.21. The van der Waals surface area contributed by atoms with Gasteiger partial charge < -0.3 is 9.32 Å². The lowest BCUT2D eigenvalue weighted by molar-refractivity contribution is -0.384. The Balaban J connectivity index is 1.68. The lowest BCUT2D eigenvalue weighted by atomic mass is 9.69. The predicted octanol–water partition coefficient (Wildman–Crippen LogP) is 5.22. The van der Waals surface area contributed by atoms with Gasteiger partial charge in [-0.15, -0.1) is 0 Å². The van der Waals surface area contributed by atoms with E-state index in [1.165, 1.54) is 12.1 Å². The molecule has 4 aromatic rings. The normalized spacial score (nSPS) is 18.8. The first kappa shape index (κ1) is 21.3. The lowest BCUT2D eigenvalue weighted by Crippen LogP contribution is -2.37. The standard InChI is InChI=1S/C28H22N2O5/c31-27(29-15-5-6-16-29)25-19-7-1-3-9-21(19)26-24(20-8-2-4-10-22(20)28(32)35-26)23(25)17-11-13-18(14-12-17)30(33)34/h1-4,7-14,23,25H,5-6,15-16H2. The highest BCUT2D eigenvalue weighted by atomic mass is 16.6. The molecular formula is C28H22N2O5. The summed E-state index contributed by atoms with van der Waals surface area (Å²) >= 11 is 0. The fraction of sp³-hybridized carbons (Fsp3) is 0.214. The zero-order valence-corrected chi connectivity index (χ0v) is 18.8. The van der Waals surface area contributed by atoms with Gasteiger partial charge in [0.15, 0.2) is 0 Å². The minimum atomic E-state index is -0.547. The number of nitro groups is 1. The van der Waals surface area contributed by atoms with Crippen LogP contribution in [0.5, 0.6) is 0 Å². The molecule has 7 nitrogen and oxygen atoms in total. The second kappa shape index (κ2) is 8.20. The van der Waals surface area contributed by atoms with Crippen LogP contribution in [-0.4, -0.2) is 28.8 Å². The van der Waals surface area contributed by atoms with Crippen LogP contribution >= 0.6 is 0 Å². The lowest BCUT2D eigenvalue weighted by Gasteiger charge is -2.36. The largest absolute Gasteiger partial charge is 0.422 e. The van der Waals surface area contributed by atoms with Crippen molar-refractivity contribution >= 4 is 22.4 Å². The van der Waals surface area contributed by atoms with E-state index in [1.54, 1.807) is 24.3 Å². The van der Waals surface area contributed by atoms with Gasteiger partial charge in [0.1, 0.15) is 5.76 Å². The van der Waals surface area contributed by atoms with E-state index in [-0.39, 0.29) is 11.6 Å². The molecule has 6 rings (SSSR count). The first-order valence-electron chi connectivity index (χ1n) is 11.7. The Hall–Kier alpha value is -4.26. The molecule has 7 heteroatoms. The Labute approximate surface area is 200 Å². The molecule has 0 N–H and O–H groups in total. The summed E-state index contributed by atoms with van der Waals surface area (Å²) in [7, 11) is 0. The predicted molar refractivity (Wildman–Crippen MR) is 131 cm³/mol. The minimum absolute atomic E-state index is 0.0166. The van der Waals surface area contributed by atoms with Crippen LogP contribution in [0.15, 0.2) is 82.0 Å². The molecule has 3 aromatic carbocycles. The van der Waals surface area contributed by atoms with Crippen molar-refractivity contribution in [3.63, 3.8) is 0 Å². The van der Waals surface area contributed by atoms with E-state index in [2.05, 4.69) is 0 Å². The molecule has 1 saturated heterocycles. The van der Waals surface area contributed by atoms with Crippen LogP contribution in [0, 0.1) is 10.1 Å². The highest BCUT2D eigenvalue weighted by Crippen LogP contribution is 2.52. The third-order valence-corrected chi connectivity index (χ3v) is 7.21.